The summed E-state index contributed by atoms with van der Waals surface area (Å²) in [5.41, 5.74) is 7.02. The van der Waals surface area contributed by atoms with Crippen LogP contribution in [0.4, 0.5) is 0 Å². The van der Waals surface area contributed by atoms with Gasteiger partial charge in [0.15, 0.2) is 0 Å². The largest absolute Gasteiger partial charge is 0.497 e. The van der Waals surface area contributed by atoms with Crippen molar-refractivity contribution in [2.45, 2.75) is 32.2 Å². The van der Waals surface area contributed by atoms with Crippen LogP contribution in [0.15, 0.2) is 24.3 Å². The maximum Gasteiger partial charge on any atom is 0.118 e. The van der Waals surface area contributed by atoms with Crippen molar-refractivity contribution < 1.29 is 4.74 Å². The smallest absolute Gasteiger partial charge is 0.118 e. The van der Waals surface area contributed by atoms with Crippen molar-refractivity contribution in [3.05, 3.63) is 29.8 Å². The van der Waals surface area contributed by atoms with Gasteiger partial charge in [-0.05, 0) is 57.0 Å². The highest BCUT2D eigenvalue weighted by Crippen LogP contribution is 2.11. The Hall–Kier alpha value is -1.06. The Morgan fingerprint density at radius 2 is 1.94 bits per heavy atom. The number of methoxy groups -OCH3 is 1. The van der Waals surface area contributed by atoms with Crippen LogP contribution in [-0.2, 0) is 6.42 Å². The van der Waals surface area contributed by atoms with Crippen molar-refractivity contribution in [2.24, 2.45) is 5.73 Å². The van der Waals surface area contributed by atoms with E-state index in [1.165, 1.54) is 5.56 Å². The Labute approximate surface area is 104 Å². The molecule has 0 aliphatic carbocycles. The molecular weight excluding hydrogens is 212 g/mol. The zero-order valence-corrected chi connectivity index (χ0v) is 10.9. The maximum atomic E-state index is 5.69. The standard InChI is InChI=1S/C14H24N2O/c1-12(15)4-3-10-16-11-9-13-5-7-14(17-2)8-6-13/h5-8,12,16H,3-4,9-11,15H2,1-2H3. The predicted octanol–water partition coefficient (Wildman–Crippen LogP) is 1.95. The summed E-state index contributed by atoms with van der Waals surface area (Å²) in [5, 5.41) is 3.43. The topological polar surface area (TPSA) is 47.3 Å². The number of hydrogen-bond acceptors (Lipinski definition) is 3. The van der Waals surface area contributed by atoms with Crippen molar-refractivity contribution in [1.29, 1.82) is 0 Å². The molecule has 17 heavy (non-hydrogen) atoms. The van der Waals surface area contributed by atoms with Crippen molar-refractivity contribution in [1.82, 2.24) is 5.32 Å². The van der Waals surface area contributed by atoms with Crippen molar-refractivity contribution in [3.63, 3.8) is 0 Å². The first-order chi connectivity index (χ1) is 8.22. The maximum absolute atomic E-state index is 5.69. The van der Waals surface area contributed by atoms with Crippen LogP contribution in [0.1, 0.15) is 25.3 Å². The van der Waals surface area contributed by atoms with E-state index in [9.17, 15) is 0 Å². The van der Waals surface area contributed by atoms with Gasteiger partial charge in [-0.3, -0.25) is 0 Å². The second-order valence-corrected chi connectivity index (χ2v) is 4.47. The minimum atomic E-state index is 0.318. The van der Waals surface area contributed by atoms with E-state index in [4.69, 9.17) is 10.5 Å². The fraction of sp³-hybridized carbons (Fsp3) is 0.571. The summed E-state index contributed by atoms with van der Waals surface area (Å²) >= 11 is 0. The molecule has 0 aliphatic rings. The zero-order chi connectivity index (χ0) is 12.5. The lowest BCUT2D eigenvalue weighted by Gasteiger charge is -2.07. The molecule has 0 aliphatic heterocycles. The lowest BCUT2D eigenvalue weighted by atomic mass is 10.1. The molecule has 0 heterocycles. The molecule has 1 rings (SSSR count). The molecule has 0 spiro atoms. The predicted molar refractivity (Wildman–Crippen MR) is 72.5 cm³/mol. The number of rotatable bonds is 8. The molecule has 0 radical (unpaired) electrons. The van der Waals surface area contributed by atoms with Gasteiger partial charge in [-0.15, -0.1) is 0 Å². The Morgan fingerprint density at radius 1 is 1.24 bits per heavy atom. The first-order valence-corrected chi connectivity index (χ1v) is 6.31. The van der Waals surface area contributed by atoms with E-state index in [0.717, 1.165) is 38.1 Å². The van der Waals surface area contributed by atoms with E-state index in [1.807, 2.05) is 12.1 Å². The molecule has 0 bridgehead atoms. The summed E-state index contributed by atoms with van der Waals surface area (Å²) < 4.78 is 5.12. The molecule has 1 aromatic rings. The minimum Gasteiger partial charge on any atom is -0.497 e. The second kappa shape index (κ2) is 8.09. The Bertz CT molecular complexity index is 296. The summed E-state index contributed by atoms with van der Waals surface area (Å²) in [6.45, 7) is 4.13. The van der Waals surface area contributed by atoms with Crippen molar-refractivity contribution in [2.75, 3.05) is 20.2 Å². The normalized spacial score (nSPS) is 12.4. The molecule has 0 saturated heterocycles. The molecule has 3 N–H and O–H groups in total. The van der Waals surface area contributed by atoms with Gasteiger partial charge in [0, 0.05) is 6.04 Å². The number of nitrogens with one attached hydrogen (secondary N) is 1. The van der Waals surface area contributed by atoms with Gasteiger partial charge in [-0.2, -0.15) is 0 Å². The Kier molecular flexibility index (Phi) is 6.67. The molecule has 3 heteroatoms. The highest BCUT2D eigenvalue weighted by Gasteiger charge is 1.96. The van der Waals surface area contributed by atoms with Crippen LogP contribution in [0, 0.1) is 0 Å². The Morgan fingerprint density at radius 3 is 2.53 bits per heavy atom. The molecule has 3 nitrogen and oxygen atoms in total. The highest BCUT2D eigenvalue weighted by atomic mass is 16.5. The quantitative estimate of drug-likeness (QED) is 0.678. The van der Waals surface area contributed by atoms with Crippen LogP contribution in [0.25, 0.3) is 0 Å². The third-order valence-corrected chi connectivity index (χ3v) is 2.76. The van der Waals surface area contributed by atoms with Gasteiger partial charge < -0.3 is 15.8 Å². The lowest BCUT2D eigenvalue weighted by Crippen LogP contribution is -2.21. The molecule has 0 fully saturated rings. The second-order valence-electron chi connectivity index (χ2n) is 4.47. The SMILES string of the molecule is COc1ccc(CCNCCCC(C)N)cc1. The lowest BCUT2D eigenvalue weighted by molar-refractivity contribution is 0.414. The molecular formula is C14H24N2O. The first kappa shape index (κ1) is 14.0. The van der Waals surface area contributed by atoms with E-state index in [0.29, 0.717) is 6.04 Å². The highest BCUT2D eigenvalue weighted by molar-refractivity contribution is 5.27. The number of benzene rings is 1. The van der Waals surface area contributed by atoms with Crippen LogP contribution in [-0.4, -0.2) is 26.2 Å². The fourth-order valence-corrected chi connectivity index (χ4v) is 1.70. The summed E-state index contributed by atoms with van der Waals surface area (Å²) in [6.07, 6.45) is 3.30. The molecule has 0 saturated carbocycles. The molecule has 1 unspecified atom stereocenters. The molecule has 1 aromatic carbocycles. The van der Waals surface area contributed by atoms with Crippen LogP contribution in [0.2, 0.25) is 0 Å². The number of ether oxygens (including phenoxy) is 1. The van der Waals surface area contributed by atoms with Gasteiger partial charge in [-0.1, -0.05) is 12.1 Å². The third kappa shape index (κ3) is 6.29. The van der Waals surface area contributed by atoms with Crippen molar-refractivity contribution in [3.8, 4) is 5.75 Å². The van der Waals surface area contributed by atoms with Gasteiger partial charge in [0.1, 0.15) is 5.75 Å². The van der Waals surface area contributed by atoms with Gasteiger partial charge >= 0.3 is 0 Å². The van der Waals surface area contributed by atoms with Gasteiger partial charge in [0.2, 0.25) is 0 Å². The first-order valence-electron chi connectivity index (χ1n) is 6.31. The van der Waals surface area contributed by atoms with E-state index in [1.54, 1.807) is 7.11 Å². The zero-order valence-electron chi connectivity index (χ0n) is 10.9. The van der Waals surface area contributed by atoms with E-state index < -0.39 is 0 Å². The van der Waals surface area contributed by atoms with Gasteiger partial charge in [0.05, 0.1) is 7.11 Å². The van der Waals surface area contributed by atoms with Gasteiger partial charge in [-0.25, -0.2) is 0 Å². The van der Waals surface area contributed by atoms with E-state index >= 15 is 0 Å². The summed E-state index contributed by atoms with van der Waals surface area (Å²) in [4.78, 5) is 0. The van der Waals surface area contributed by atoms with Crippen LogP contribution in [0.3, 0.4) is 0 Å². The van der Waals surface area contributed by atoms with Crippen LogP contribution >= 0.6 is 0 Å². The van der Waals surface area contributed by atoms with Crippen LogP contribution in [0.5, 0.6) is 5.75 Å². The molecule has 0 aromatic heterocycles. The van der Waals surface area contributed by atoms with E-state index in [2.05, 4.69) is 24.4 Å². The average Bonchev–Trinajstić information content (AvgIpc) is 2.34. The summed E-state index contributed by atoms with van der Waals surface area (Å²) in [6, 6.07) is 8.56. The Balaban J connectivity index is 2.09. The molecule has 96 valence electrons. The minimum absolute atomic E-state index is 0.318. The average molecular weight is 236 g/mol. The molecule has 1 atom stereocenters. The van der Waals surface area contributed by atoms with Crippen molar-refractivity contribution >= 4 is 0 Å². The van der Waals surface area contributed by atoms with E-state index in [-0.39, 0.29) is 0 Å². The van der Waals surface area contributed by atoms with Gasteiger partial charge in [0.25, 0.3) is 0 Å². The number of hydrogen-bond donors (Lipinski definition) is 2. The van der Waals surface area contributed by atoms with Crippen LogP contribution < -0.4 is 15.8 Å². The summed E-state index contributed by atoms with van der Waals surface area (Å²) in [7, 11) is 1.69. The summed E-state index contributed by atoms with van der Waals surface area (Å²) in [5.74, 6) is 0.915. The monoisotopic (exact) mass is 236 g/mol. The molecule has 0 amide bonds. The fourth-order valence-electron chi connectivity index (χ4n) is 1.70. The third-order valence-electron chi connectivity index (χ3n) is 2.76. The number of nitrogens with two attached hydrogens (primary N) is 1.